The number of aromatic nitrogens is 1. The summed E-state index contributed by atoms with van der Waals surface area (Å²) in [6.45, 7) is 5.89. The second-order valence-electron chi connectivity index (χ2n) is 8.34. The molecule has 7 heteroatoms. The number of nitrogens with one attached hydrogen (secondary N) is 2. The summed E-state index contributed by atoms with van der Waals surface area (Å²) < 4.78 is 0. The third-order valence-corrected chi connectivity index (χ3v) is 6.15. The Hall–Kier alpha value is -3.09. The predicted molar refractivity (Wildman–Crippen MR) is 135 cm³/mol. The van der Waals surface area contributed by atoms with Crippen molar-refractivity contribution in [3.63, 3.8) is 0 Å². The molecule has 1 aliphatic rings. The van der Waals surface area contributed by atoms with Crippen molar-refractivity contribution in [3.8, 4) is 11.3 Å². The first-order valence-electron chi connectivity index (χ1n) is 11.1. The highest BCUT2D eigenvalue weighted by Crippen LogP contribution is 2.28. The summed E-state index contributed by atoms with van der Waals surface area (Å²) >= 11 is 0. The molecule has 1 aliphatic heterocycles. The zero-order chi connectivity index (χ0) is 22.5. The Bertz CT molecular complexity index is 1130. The van der Waals surface area contributed by atoms with Gasteiger partial charge in [-0.1, -0.05) is 49.4 Å². The van der Waals surface area contributed by atoms with Crippen LogP contribution in [0.1, 0.15) is 34.8 Å². The van der Waals surface area contributed by atoms with Gasteiger partial charge in [0.05, 0.1) is 5.69 Å². The average molecular weight is 468 g/mol. The molecule has 1 aromatic heterocycles. The average Bonchev–Trinajstić information content (AvgIpc) is 3.28. The number of H-pyrrole nitrogens is 1. The number of aromatic carboxylic acids is 1. The topological polar surface area (TPSA) is 85.4 Å². The van der Waals surface area contributed by atoms with Gasteiger partial charge in [0.15, 0.2) is 0 Å². The van der Waals surface area contributed by atoms with Crippen molar-refractivity contribution in [2.24, 2.45) is 5.92 Å². The molecular formula is C26H30ClN3O3. The molecule has 3 aromatic rings. The number of rotatable bonds is 8. The Labute approximate surface area is 200 Å². The Morgan fingerprint density at radius 3 is 2.55 bits per heavy atom. The molecular weight excluding hydrogens is 438 g/mol. The van der Waals surface area contributed by atoms with E-state index in [0.717, 1.165) is 43.7 Å². The third-order valence-electron chi connectivity index (χ3n) is 6.15. The fourth-order valence-corrected chi connectivity index (χ4v) is 4.36. The van der Waals surface area contributed by atoms with E-state index < -0.39 is 11.5 Å². The molecule has 6 nitrogen and oxygen atoms in total. The maximum absolute atomic E-state index is 12.2. The van der Waals surface area contributed by atoms with Gasteiger partial charge in [-0.2, -0.15) is 0 Å². The molecule has 1 atom stereocenters. The molecule has 1 fully saturated rings. The highest BCUT2D eigenvalue weighted by atomic mass is 35.5. The van der Waals surface area contributed by atoms with Crippen molar-refractivity contribution < 1.29 is 9.90 Å². The number of hydrogen-bond donors (Lipinski definition) is 3. The number of halogens is 1. The molecule has 2 aromatic carbocycles. The van der Waals surface area contributed by atoms with E-state index in [1.165, 1.54) is 17.3 Å². The molecule has 0 spiro atoms. The molecule has 3 N–H and O–H groups in total. The monoisotopic (exact) mass is 467 g/mol. The third kappa shape index (κ3) is 5.83. The highest BCUT2D eigenvalue weighted by Gasteiger charge is 2.22. The number of hydrogen-bond acceptors (Lipinski definition) is 4. The lowest BCUT2D eigenvalue weighted by atomic mass is 10.0. The van der Waals surface area contributed by atoms with E-state index in [1.807, 2.05) is 25.1 Å². The van der Waals surface area contributed by atoms with Gasteiger partial charge in [0.2, 0.25) is 0 Å². The number of carboxylic acid groups (broad SMARTS) is 1. The Kier molecular flexibility index (Phi) is 8.31. The van der Waals surface area contributed by atoms with Crippen LogP contribution < -0.4 is 15.8 Å². The molecule has 1 saturated heterocycles. The summed E-state index contributed by atoms with van der Waals surface area (Å²) in [6, 6.07) is 20.1. The fourth-order valence-electron chi connectivity index (χ4n) is 4.36. The predicted octanol–water partition coefficient (Wildman–Crippen LogP) is 4.34. The lowest BCUT2D eigenvalue weighted by Crippen LogP contribution is -2.26. The molecule has 174 valence electrons. The zero-order valence-corrected chi connectivity index (χ0v) is 19.5. The molecule has 1 unspecified atom stereocenters. The summed E-state index contributed by atoms with van der Waals surface area (Å²) in [4.78, 5) is 28.6. The number of benzene rings is 2. The van der Waals surface area contributed by atoms with Gasteiger partial charge in [0, 0.05) is 31.9 Å². The number of carbonyl (C=O) groups is 1. The molecule has 0 amide bonds. The summed E-state index contributed by atoms with van der Waals surface area (Å²) in [7, 11) is 0. The van der Waals surface area contributed by atoms with Crippen LogP contribution in [0.2, 0.25) is 0 Å². The minimum absolute atomic E-state index is 0. The smallest absolute Gasteiger partial charge is 0.341 e. The van der Waals surface area contributed by atoms with Crippen molar-refractivity contribution in [1.29, 1.82) is 0 Å². The minimum Gasteiger partial charge on any atom is -0.477 e. The molecule has 4 rings (SSSR count). The first kappa shape index (κ1) is 24.6. The number of aromatic amines is 1. The van der Waals surface area contributed by atoms with Crippen LogP contribution in [0.3, 0.4) is 0 Å². The largest absolute Gasteiger partial charge is 0.477 e. The molecule has 0 saturated carbocycles. The van der Waals surface area contributed by atoms with Gasteiger partial charge in [0.25, 0.3) is 5.56 Å². The van der Waals surface area contributed by atoms with Gasteiger partial charge in [-0.3, -0.25) is 4.79 Å². The molecule has 0 radical (unpaired) electrons. The summed E-state index contributed by atoms with van der Waals surface area (Å²) in [5.41, 5.74) is 4.09. The van der Waals surface area contributed by atoms with Crippen molar-refractivity contribution in [3.05, 3.63) is 87.7 Å². The van der Waals surface area contributed by atoms with Gasteiger partial charge in [0.1, 0.15) is 5.56 Å². The summed E-state index contributed by atoms with van der Waals surface area (Å²) in [6.07, 6.45) is 1.80. The van der Waals surface area contributed by atoms with E-state index in [1.54, 1.807) is 0 Å². The van der Waals surface area contributed by atoms with E-state index >= 15 is 0 Å². The number of aryl methyl sites for hydroxylation is 1. The number of nitrogens with zero attached hydrogens (tertiary/aromatic N) is 1. The second kappa shape index (κ2) is 11.2. The maximum Gasteiger partial charge on any atom is 0.341 e. The highest BCUT2D eigenvalue weighted by molar-refractivity contribution is 5.88. The Balaban J connectivity index is 0.00000306. The quantitative estimate of drug-likeness (QED) is 0.459. The second-order valence-corrected chi connectivity index (χ2v) is 8.34. The van der Waals surface area contributed by atoms with E-state index in [-0.39, 0.29) is 18.0 Å². The van der Waals surface area contributed by atoms with Crippen molar-refractivity contribution >= 4 is 24.1 Å². The number of carboxylic acids is 1. The van der Waals surface area contributed by atoms with Crippen LogP contribution in [-0.4, -0.2) is 35.7 Å². The lowest BCUT2D eigenvalue weighted by Gasteiger charge is -2.19. The van der Waals surface area contributed by atoms with E-state index in [4.69, 9.17) is 0 Å². The molecule has 0 aliphatic carbocycles. The van der Waals surface area contributed by atoms with E-state index in [9.17, 15) is 14.7 Å². The van der Waals surface area contributed by atoms with Gasteiger partial charge < -0.3 is 20.3 Å². The number of anilines is 1. The van der Waals surface area contributed by atoms with Crippen LogP contribution in [0, 0.1) is 5.92 Å². The van der Waals surface area contributed by atoms with Crippen LogP contribution in [0.5, 0.6) is 0 Å². The maximum atomic E-state index is 12.2. The first-order chi connectivity index (χ1) is 15.5. The molecule has 2 heterocycles. The van der Waals surface area contributed by atoms with Crippen LogP contribution >= 0.6 is 12.4 Å². The van der Waals surface area contributed by atoms with Gasteiger partial charge in [-0.15, -0.1) is 12.4 Å². The van der Waals surface area contributed by atoms with Gasteiger partial charge in [-0.25, -0.2) is 4.79 Å². The first-order valence-corrected chi connectivity index (χ1v) is 11.1. The standard InChI is InChI=1S/C26H29N3O3.ClH/c1-2-20-14-23(26(31)32)25(30)28-24(20)21-8-10-22(11-9-21)29-13-12-19(17-29)16-27-15-18-6-4-3-5-7-18;/h3-11,14,19,27H,2,12-13,15-17H2,1H3,(H,28,30)(H,31,32);1H. The fraction of sp³-hybridized carbons (Fsp3) is 0.308. The van der Waals surface area contributed by atoms with E-state index in [2.05, 4.69) is 51.6 Å². The Morgan fingerprint density at radius 1 is 1.15 bits per heavy atom. The van der Waals surface area contributed by atoms with Gasteiger partial charge in [-0.05, 0) is 53.6 Å². The van der Waals surface area contributed by atoms with Crippen LogP contribution in [-0.2, 0) is 13.0 Å². The summed E-state index contributed by atoms with van der Waals surface area (Å²) in [5.74, 6) is -0.588. The van der Waals surface area contributed by atoms with Crippen LogP contribution in [0.4, 0.5) is 5.69 Å². The Morgan fingerprint density at radius 2 is 1.88 bits per heavy atom. The van der Waals surface area contributed by atoms with Gasteiger partial charge >= 0.3 is 5.97 Å². The molecule has 33 heavy (non-hydrogen) atoms. The SMILES string of the molecule is CCc1cc(C(=O)O)c(=O)[nH]c1-c1ccc(N2CCC(CNCc3ccccc3)C2)cc1.Cl. The van der Waals surface area contributed by atoms with E-state index in [0.29, 0.717) is 18.0 Å². The van der Waals surface area contributed by atoms with Crippen LogP contribution in [0.25, 0.3) is 11.3 Å². The van der Waals surface area contributed by atoms with Crippen LogP contribution in [0.15, 0.2) is 65.5 Å². The molecule has 0 bridgehead atoms. The normalized spacial score (nSPS) is 15.3. The lowest BCUT2D eigenvalue weighted by molar-refractivity contribution is 0.0695. The number of pyridine rings is 1. The zero-order valence-electron chi connectivity index (χ0n) is 18.7. The van der Waals surface area contributed by atoms with Crippen molar-refractivity contribution in [2.45, 2.75) is 26.3 Å². The minimum atomic E-state index is -1.20. The van der Waals surface area contributed by atoms with Crippen molar-refractivity contribution in [1.82, 2.24) is 10.3 Å². The van der Waals surface area contributed by atoms with Crippen molar-refractivity contribution in [2.75, 3.05) is 24.5 Å². The summed E-state index contributed by atoms with van der Waals surface area (Å²) in [5, 5.41) is 12.8.